The maximum Gasteiger partial charge on any atom is 0.151 e. The first-order valence-corrected chi connectivity index (χ1v) is 10.4. The predicted octanol–water partition coefficient (Wildman–Crippen LogP) is 4.16. The molecule has 4 aromatic rings. The molecular weight excluding hydrogens is 410 g/mol. The van der Waals surface area contributed by atoms with E-state index in [9.17, 15) is 8.78 Å². The summed E-state index contributed by atoms with van der Waals surface area (Å²) in [5, 5.41) is 0. The van der Waals surface area contributed by atoms with E-state index in [0.717, 1.165) is 24.2 Å². The highest BCUT2D eigenvalue weighted by Crippen LogP contribution is 2.40. The van der Waals surface area contributed by atoms with Crippen molar-refractivity contribution in [2.45, 2.75) is 12.5 Å². The fourth-order valence-corrected chi connectivity index (χ4v) is 4.29. The average Bonchev–Trinajstić information content (AvgIpc) is 3.40. The van der Waals surface area contributed by atoms with Gasteiger partial charge in [-0.15, -0.1) is 0 Å². The van der Waals surface area contributed by atoms with Crippen LogP contribution in [0.25, 0.3) is 33.5 Å². The number of fused-ring (bicyclic) bond motifs is 1. The van der Waals surface area contributed by atoms with Crippen LogP contribution in [-0.2, 0) is 0 Å². The second-order valence-electron chi connectivity index (χ2n) is 7.96. The largest absolute Gasteiger partial charge is 0.369 e. The standard InChI is InChI=1S/C24H22F2N6/c1-28-10-14-7-15(9-16(25)8-14)18-11-29-12-19(23(18)32-6-5-17(27)13-32)24-30-21-4-2-3-20(26)22(21)31-24/h2-4,7-12,17H,5-6,13,27H2,1H3,(H,30,31)/t17-/m0/s1. The molecule has 1 saturated heterocycles. The number of rotatable bonds is 4. The molecule has 1 aliphatic rings. The van der Waals surface area contributed by atoms with Gasteiger partial charge in [0.2, 0.25) is 0 Å². The van der Waals surface area contributed by atoms with Gasteiger partial charge in [0, 0.05) is 50.4 Å². The molecule has 0 unspecified atom stereocenters. The first kappa shape index (κ1) is 20.3. The lowest BCUT2D eigenvalue weighted by Crippen LogP contribution is -2.27. The third-order valence-electron chi connectivity index (χ3n) is 5.69. The van der Waals surface area contributed by atoms with Gasteiger partial charge in [0.25, 0.3) is 0 Å². The molecular formula is C24H22F2N6. The van der Waals surface area contributed by atoms with Gasteiger partial charge in [-0.25, -0.2) is 13.8 Å². The number of halogens is 2. The first-order chi connectivity index (χ1) is 15.5. The van der Waals surface area contributed by atoms with E-state index in [1.807, 2.05) is 6.07 Å². The third-order valence-corrected chi connectivity index (χ3v) is 5.69. The van der Waals surface area contributed by atoms with E-state index in [1.54, 1.807) is 37.8 Å². The highest BCUT2D eigenvalue weighted by molar-refractivity contribution is 5.92. The maximum atomic E-state index is 14.4. The Morgan fingerprint density at radius 3 is 2.78 bits per heavy atom. The van der Waals surface area contributed by atoms with Crippen molar-refractivity contribution >= 4 is 22.9 Å². The van der Waals surface area contributed by atoms with Crippen LogP contribution in [0.4, 0.5) is 14.5 Å². The highest BCUT2D eigenvalue weighted by atomic mass is 19.1. The minimum Gasteiger partial charge on any atom is -0.369 e. The van der Waals surface area contributed by atoms with Gasteiger partial charge in [0.1, 0.15) is 17.2 Å². The van der Waals surface area contributed by atoms with E-state index in [4.69, 9.17) is 5.73 Å². The Morgan fingerprint density at radius 2 is 2.03 bits per heavy atom. The number of pyridine rings is 1. The number of hydrogen-bond acceptors (Lipinski definition) is 5. The summed E-state index contributed by atoms with van der Waals surface area (Å²) in [5.41, 5.74) is 10.7. The topological polar surface area (TPSA) is 83.2 Å². The molecule has 0 bridgehead atoms. The quantitative estimate of drug-likeness (QED) is 0.475. The summed E-state index contributed by atoms with van der Waals surface area (Å²) in [4.78, 5) is 18.3. The number of nitrogens with one attached hydrogen (secondary N) is 1. The number of nitrogens with two attached hydrogens (primary N) is 1. The van der Waals surface area contributed by atoms with E-state index in [1.165, 1.54) is 18.2 Å². The highest BCUT2D eigenvalue weighted by Gasteiger charge is 2.26. The van der Waals surface area contributed by atoms with Gasteiger partial charge in [-0.05, 0) is 47.9 Å². The zero-order chi connectivity index (χ0) is 22.2. The Hall–Kier alpha value is -3.65. The van der Waals surface area contributed by atoms with E-state index < -0.39 is 5.82 Å². The van der Waals surface area contributed by atoms with Crippen molar-refractivity contribution in [1.82, 2.24) is 15.0 Å². The van der Waals surface area contributed by atoms with Crippen LogP contribution in [0.1, 0.15) is 12.0 Å². The van der Waals surface area contributed by atoms with Crippen molar-refractivity contribution in [3.8, 4) is 22.5 Å². The number of H-pyrrole nitrogens is 1. The molecule has 8 heteroatoms. The van der Waals surface area contributed by atoms with Crippen LogP contribution in [0.2, 0.25) is 0 Å². The number of hydrogen-bond donors (Lipinski definition) is 2. The number of aromatic nitrogens is 3. The van der Waals surface area contributed by atoms with Crippen LogP contribution in [0.15, 0.2) is 53.8 Å². The minimum absolute atomic E-state index is 0.0345. The summed E-state index contributed by atoms with van der Waals surface area (Å²) in [6, 6.07) is 9.61. The molecule has 1 fully saturated rings. The molecule has 3 N–H and O–H groups in total. The summed E-state index contributed by atoms with van der Waals surface area (Å²) in [6.45, 7) is 1.40. The molecule has 6 nitrogen and oxygen atoms in total. The van der Waals surface area contributed by atoms with Crippen molar-refractivity contribution in [3.63, 3.8) is 0 Å². The van der Waals surface area contributed by atoms with Crippen molar-refractivity contribution in [2.24, 2.45) is 10.7 Å². The molecule has 0 amide bonds. The van der Waals surface area contributed by atoms with Gasteiger partial charge in [0.15, 0.2) is 5.82 Å². The van der Waals surface area contributed by atoms with Gasteiger partial charge < -0.3 is 15.6 Å². The smallest absolute Gasteiger partial charge is 0.151 e. The van der Waals surface area contributed by atoms with Crippen molar-refractivity contribution in [2.75, 3.05) is 25.0 Å². The fraction of sp³-hybridized carbons (Fsp3) is 0.208. The first-order valence-electron chi connectivity index (χ1n) is 10.4. The van der Waals surface area contributed by atoms with Crippen LogP contribution < -0.4 is 10.6 Å². The molecule has 5 rings (SSSR count). The molecule has 162 valence electrons. The molecule has 2 aromatic heterocycles. The lowest BCUT2D eigenvalue weighted by Gasteiger charge is -2.24. The van der Waals surface area contributed by atoms with Crippen LogP contribution in [-0.4, -0.2) is 47.3 Å². The van der Waals surface area contributed by atoms with Gasteiger partial charge in [0.05, 0.1) is 16.8 Å². The Morgan fingerprint density at radius 1 is 1.19 bits per heavy atom. The Kier molecular flexibility index (Phi) is 5.14. The molecule has 32 heavy (non-hydrogen) atoms. The molecule has 3 heterocycles. The Bertz CT molecular complexity index is 1330. The molecule has 0 aliphatic carbocycles. The molecule has 0 saturated carbocycles. The average molecular weight is 432 g/mol. The summed E-state index contributed by atoms with van der Waals surface area (Å²) < 4.78 is 28.7. The summed E-state index contributed by atoms with van der Waals surface area (Å²) in [6.07, 6.45) is 5.86. The van der Waals surface area contributed by atoms with Crippen LogP contribution in [0.5, 0.6) is 0 Å². The normalized spacial score (nSPS) is 16.5. The SMILES string of the molecule is CN=Cc1cc(F)cc(-c2cncc(-c3nc4c(F)cccc4[nH]3)c2N2CC[C@H](N)C2)c1. The zero-order valence-corrected chi connectivity index (χ0v) is 17.5. The minimum atomic E-state index is -0.396. The zero-order valence-electron chi connectivity index (χ0n) is 17.5. The molecule has 0 spiro atoms. The molecule has 0 radical (unpaired) electrons. The third kappa shape index (κ3) is 3.62. The molecule has 1 aliphatic heterocycles. The van der Waals surface area contributed by atoms with E-state index in [-0.39, 0.29) is 17.4 Å². The number of aromatic amines is 1. The lowest BCUT2D eigenvalue weighted by molar-refractivity contribution is 0.628. The van der Waals surface area contributed by atoms with Gasteiger partial charge in [-0.3, -0.25) is 9.98 Å². The number of anilines is 1. The van der Waals surface area contributed by atoms with Gasteiger partial charge in [-0.2, -0.15) is 0 Å². The molecule has 1 atom stereocenters. The summed E-state index contributed by atoms with van der Waals surface area (Å²) >= 11 is 0. The van der Waals surface area contributed by atoms with Crippen molar-refractivity contribution in [3.05, 3.63) is 66.0 Å². The summed E-state index contributed by atoms with van der Waals surface area (Å²) in [5.74, 6) is -0.258. The van der Waals surface area contributed by atoms with Crippen LogP contribution >= 0.6 is 0 Å². The van der Waals surface area contributed by atoms with Gasteiger partial charge in [-0.1, -0.05) is 6.07 Å². The van der Waals surface area contributed by atoms with Crippen molar-refractivity contribution < 1.29 is 8.78 Å². The number of aliphatic imine (C=N–C) groups is 1. The Labute approximate surface area is 183 Å². The van der Waals surface area contributed by atoms with Crippen LogP contribution in [0.3, 0.4) is 0 Å². The monoisotopic (exact) mass is 432 g/mol. The number of nitrogens with zero attached hydrogens (tertiary/aromatic N) is 4. The second-order valence-corrected chi connectivity index (χ2v) is 7.96. The number of benzene rings is 2. The second kappa shape index (κ2) is 8.12. The van der Waals surface area contributed by atoms with E-state index in [2.05, 4.69) is 24.8 Å². The maximum absolute atomic E-state index is 14.4. The number of para-hydroxylation sites is 1. The predicted molar refractivity (Wildman–Crippen MR) is 123 cm³/mol. The van der Waals surface area contributed by atoms with E-state index in [0.29, 0.717) is 34.6 Å². The van der Waals surface area contributed by atoms with E-state index >= 15 is 0 Å². The molecule has 2 aromatic carbocycles. The van der Waals surface area contributed by atoms with Crippen LogP contribution in [0, 0.1) is 11.6 Å². The Balaban J connectivity index is 1.74. The number of imidazole rings is 1. The van der Waals surface area contributed by atoms with Crippen molar-refractivity contribution in [1.29, 1.82) is 0 Å². The van der Waals surface area contributed by atoms with Gasteiger partial charge >= 0.3 is 0 Å². The lowest BCUT2D eigenvalue weighted by atomic mass is 9.99. The fourth-order valence-electron chi connectivity index (χ4n) is 4.29. The summed E-state index contributed by atoms with van der Waals surface area (Å²) in [7, 11) is 1.64.